The summed E-state index contributed by atoms with van der Waals surface area (Å²) in [7, 11) is 0. The molecule has 0 bridgehead atoms. The quantitative estimate of drug-likeness (QED) is 0.590. The first kappa shape index (κ1) is 12.0. The van der Waals surface area contributed by atoms with Crippen LogP contribution < -0.4 is 0 Å². The van der Waals surface area contributed by atoms with Crippen molar-refractivity contribution in [1.29, 1.82) is 0 Å². The maximum Gasteiger partial charge on any atom is -0.0314 e. The molecule has 0 aromatic carbocycles. The standard InChI is InChI=1S/C12H25/c1-8-9-10(11(2,3)4)12(5,6)7/h10H,2,8-9H2,1,3-7H3. The molecule has 0 aromatic rings. The van der Waals surface area contributed by atoms with Crippen molar-refractivity contribution in [3.05, 3.63) is 6.92 Å². The molecule has 12 heavy (non-hydrogen) atoms. The molecule has 0 saturated carbocycles. The van der Waals surface area contributed by atoms with Crippen molar-refractivity contribution in [3.63, 3.8) is 0 Å². The van der Waals surface area contributed by atoms with Crippen molar-refractivity contribution in [1.82, 2.24) is 0 Å². The van der Waals surface area contributed by atoms with Crippen LogP contribution in [0.25, 0.3) is 0 Å². The van der Waals surface area contributed by atoms with Gasteiger partial charge in [0.25, 0.3) is 0 Å². The Bertz CT molecular complexity index is 106. The SMILES string of the molecule is [CH2]C(C)(C)C(CCC)C(C)(C)C. The van der Waals surface area contributed by atoms with Gasteiger partial charge >= 0.3 is 0 Å². The van der Waals surface area contributed by atoms with E-state index in [0.29, 0.717) is 5.41 Å². The van der Waals surface area contributed by atoms with Crippen LogP contribution in [0.3, 0.4) is 0 Å². The third-order valence-electron chi connectivity index (χ3n) is 2.57. The molecule has 0 heteroatoms. The molecule has 0 spiro atoms. The van der Waals surface area contributed by atoms with Crippen molar-refractivity contribution in [3.8, 4) is 0 Å². The lowest BCUT2D eigenvalue weighted by Gasteiger charge is -2.40. The summed E-state index contributed by atoms with van der Waals surface area (Å²) < 4.78 is 0. The normalized spacial score (nSPS) is 14.0. The van der Waals surface area contributed by atoms with Crippen molar-refractivity contribution in [2.45, 2.75) is 54.4 Å². The number of hydrogen-bond acceptors (Lipinski definition) is 0. The lowest BCUT2D eigenvalue weighted by atomic mass is 9.65. The predicted octanol–water partition coefficient (Wildman–Crippen LogP) is 4.31. The second-order valence-electron chi connectivity index (χ2n) is 5.70. The summed E-state index contributed by atoms with van der Waals surface area (Å²) in [5, 5.41) is 0. The molecular formula is C12H25. The van der Waals surface area contributed by atoms with Gasteiger partial charge in [-0.3, -0.25) is 0 Å². The van der Waals surface area contributed by atoms with Crippen molar-refractivity contribution in [2.75, 3.05) is 0 Å². The summed E-state index contributed by atoms with van der Waals surface area (Å²) in [6, 6.07) is 0. The Hall–Kier alpha value is 0. The topological polar surface area (TPSA) is 0 Å². The molecule has 0 aliphatic carbocycles. The molecule has 0 aliphatic heterocycles. The third-order valence-corrected chi connectivity index (χ3v) is 2.57. The number of rotatable bonds is 3. The van der Waals surface area contributed by atoms with Crippen LogP contribution in [0.15, 0.2) is 0 Å². The van der Waals surface area contributed by atoms with Crippen LogP contribution in [0.2, 0.25) is 0 Å². The highest BCUT2D eigenvalue weighted by atomic mass is 14.4. The summed E-state index contributed by atoms with van der Waals surface area (Å²) in [4.78, 5) is 0. The van der Waals surface area contributed by atoms with E-state index in [1.807, 2.05) is 0 Å². The highest BCUT2D eigenvalue weighted by Crippen LogP contribution is 2.42. The maximum absolute atomic E-state index is 4.26. The second kappa shape index (κ2) is 3.81. The zero-order chi connectivity index (χ0) is 9.99. The molecule has 1 radical (unpaired) electrons. The van der Waals surface area contributed by atoms with Crippen LogP contribution in [-0.2, 0) is 0 Å². The van der Waals surface area contributed by atoms with Gasteiger partial charge in [0.1, 0.15) is 0 Å². The molecule has 0 saturated heterocycles. The van der Waals surface area contributed by atoms with E-state index >= 15 is 0 Å². The van der Waals surface area contributed by atoms with E-state index in [0.717, 1.165) is 5.92 Å². The smallest absolute Gasteiger partial charge is 0.0314 e. The first-order valence-electron chi connectivity index (χ1n) is 5.05. The highest BCUT2D eigenvalue weighted by molar-refractivity contribution is 4.87. The van der Waals surface area contributed by atoms with E-state index in [9.17, 15) is 0 Å². The van der Waals surface area contributed by atoms with E-state index in [1.165, 1.54) is 12.8 Å². The van der Waals surface area contributed by atoms with Crippen LogP contribution in [0.4, 0.5) is 0 Å². The van der Waals surface area contributed by atoms with Gasteiger partial charge in [0.05, 0.1) is 0 Å². The van der Waals surface area contributed by atoms with E-state index in [1.54, 1.807) is 0 Å². The van der Waals surface area contributed by atoms with E-state index in [2.05, 4.69) is 48.5 Å². The summed E-state index contributed by atoms with van der Waals surface area (Å²) in [5.41, 5.74) is 0.593. The molecule has 1 atom stereocenters. The van der Waals surface area contributed by atoms with Gasteiger partial charge in [-0.05, 0) is 30.1 Å². The van der Waals surface area contributed by atoms with Gasteiger partial charge < -0.3 is 0 Å². The Balaban J connectivity index is 4.45. The van der Waals surface area contributed by atoms with Crippen LogP contribution in [0.1, 0.15) is 54.4 Å². The Morgan fingerprint density at radius 3 is 1.58 bits per heavy atom. The summed E-state index contributed by atoms with van der Waals surface area (Å²) >= 11 is 0. The molecule has 0 aromatic heterocycles. The lowest BCUT2D eigenvalue weighted by molar-refractivity contribution is 0.112. The minimum atomic E-state index is 0.203. The molecule has 0 aliphatic rings. The zero-order valence-corrected chi connectivity index (χ0v) is 9.70. The molecule has 73 valence electrons. The second-order valence-corrected chi connectivity index (χ2v) is 5.70. The van der Waals surface area contributed by atoms with Gasteiger partial charge in [0.15, 0.2) is 0 Å². The molecule has 0 nitrogen and oxygen atoms in total. The predicted molar refractivity (Wildman–Crippen MR) is 57.0 cm³/mol. The van der Waals surface area contributed by atoms with Crippen molar-refractivity contribution >= 4 is 0 Å². The fourth-order valence-corrected chi connectivity index (χ4v) is 2.28. The van der Waals surface area contributed by atoms with Gasteiger partial charge in [-0.25, -0.2) is 0 Å². The fourth-order valence-electron chi connectivity index (χ4n) is 2.28. The van der Waals surface area contributed by atoms with Gasteiger partial charge in [-0.15, -0.1) is 0 Å². The molecule has 0 amide bonds. The average Bonchev–Trinajstić information content (AvgIpc) is 1.77. The van der Waals surface area contributed by atoms with Crippen LogP contribution in [-0.4, -0.2) is 0 Å². The first-order valence-corrected chi connectivity index (χ1v) is 5.05. The molecule has 0 rings (SSSR count). The van der Waals surface area contributed by atoms with Gasteiger partial charge in [0, 0.05) is 0 Å². The summed E-state index contributed by atoms with van der Waals surface area (Å²) in [5.74, 6) is 0.718. The van der Waals surface area contributed by atoms with Gasteiger partial charge in [-0.1, -0.05) is 48.0 Å². The zero-order valence-electron chi connectivity index (χ0n) is 9.70. The Morgan fingerprint density at radius 1 is 1.08 bits per heavy atom. The van der Waals surface area contributed by atoms with Crippen molar-refractivity contribution < 1.29 is 0 Å². The van der Waals surface area contributed by atoms with Gasteiger partial charge in [-0.2, -0.15) is 0 Å². The van der Waals surface area contributed by atoms with Crippen LogP contribution in [0.5, 0.6) is 0 Å². The van der Waals surface area contributed by atoms with Crippen LogP contribution >= 0.6 is 0 Å². The maximum atomic E-state index is 4.26. The summed E-state index contributed by atoms with van der Waals surface area (Å²) in [6.07, 6.45) is 2.56. The Kier molecular flexibility index (Phi) is 3.81. The van der Waals surface area contributed by atoms with Crippen LogP contribution in [0, 0.1) is 23.7 Å². The van der Waals surface area contributed by atoms with E-state index < -0.39 is 0 Å². The largest absolute Gasteiger partial charge is 0.0654 e. The van der Waals surface area contributed by atoms with Crippen molar-refractivity contribution in [2.24, 2.45) is 16.7 Å². The molecule has 0 fully saturated rings. The molecule has 1 unspecified atom stereocenters. The fraction of sp³-hybridized carbons (Fsp3) is 0.917. The van der Waals surface area contributed by atoms with E-state index in [-0.39, 0.29) is 5.41 Å². The minimum absolute atomic E-state index is 0.203. The minimum Gasteiger partial charge on any atom is -0.0654 e. The molecule has 0 heterocycles. The Morgan fingerprint density at radius 2 is 1.50 bits per heavy atom. The van der Waals surface area contributed by atoms with E-state index in [4.69, 9.17) is 0 Å². The van der Waals surface area contributed by atoms with Gasteiger partial charge in [0.2, 0.25) is 0 Å². The average molecular weight is 169 g/mol. The Labute approximate surface area is 78.8 Å². The summed E-state index contributed by atoms with van der Waals surface area (Å²) in [6.45, 7) is 18.0. The monoisotopic (exact) mass is 169 g/mol. The first-order chi connectivity index (χ1) is 5.19. The lowest BCUT2D eigenvalue weighted by Crippen LogP contribution is -2.32. The molecule has 0 N–H and O–H groups in total. The molecular weight excluding hydrogens is 144 g/mol. The third kappa shape index (κ3) is 3.60. The number of hydrogen-bond donors (Lipinski definition) is 0. The highest BCUT2D eigenvalue weighted by Gasteiger charge is 2.33.